The van der Waals surface area contributed by atoms with E-state index in [1.807, 2.05) is 57.2 Å². The van der Waals surface area contributed by atoms with Gasteiger partial charge in [0.1, 0.15) is 23.3 Å². The summed E-state index contributed by atoms with van der Waals surface area (Å²) in [6.07, 6.45) is 5.07. The molecule has 12 nitrogen and oxygen atoms in total. The third-order valence-electron chi connectivity index (χ3n) is 9.69. The second-order valence-electron chi connectivity index (χ2n) is 16.8. The first-order chi connectivity index (χ1) is 28.2. The lowest BCUT2D eigenvalue weighted by molar-refractivity contribution is -0.121. The summed E-state index contributed by atoms with van der Waals surface area (Å²) in [5.41, 5.74) is 3.69. The maximum atomic E-state index is 12.8. The number of nitrogens with one attached hydrogen (secondary N) is 2. The minimum atomic E-state index is -3.37. The first kappa shape index (κ1) is 45.7. The molecule has 2 saturated heterocycles. The molecule has 60 heavy (non-hydrogen) atoms. The van der Waals surface area contributed by atoms with E-state index in [4.69, 9.17) is 9.47 Å². The van der Waals surface area contributed by atoms with Gasteiger partial charge in [-0.2, -0.15) is 0 Å². The molecule has 4 aromatic carbocycles. The molecule has 2 fully saturated rings. The fourth-order valence-corrected chi connectivity index (χ4v) is 8.52. The van der Waals surface area contributed by atoms with Crippen LogP contribution in [0.1, 0.15) is 67.2 Å². The van der Waals surface area contributed by atoms with E-state index < -0.39 is 45.3 Å². The Kier molecular flexibility index (Phi) is 14.8. The average molecular weight is 857 g/mol. The van der Waals surface area contributed by atoms with Crippen molar-refractivity contribution in [1.82, 2.24) is 9.80 Å². The Bertz CT molecular complexity index is 2270. The highest BCUT2D eigenvalue weighted by atomic mass is 32.2. The lowest BCUT2D eigenvalue weighted by atomic mass is 10.1. The Labute approximate surface area is 358 Å². The van der Waals surface area contributed by atoms with Gasteiger partial charge in [-0.05, 0) is 127 Å². The normalized spacial score (nSPS) is 16.7. The van der Waals surface area contributed by atoms with Gasteiger partial charge in [-0.3, -0.25) is 19.4 Å². The van der Waals surface area contributed by atoms with Gasteiger partial charge in [0.2, 0.25) is 11.8 Å². The lowest BCUT2D eigenvalue weighted by Gasteiger charge is -2.28. The summed E-state index contributed by atoms with van der Waals surface area (Å²) in [4.78, 5) is 54.9. The van der Waals surface area contributed by atoms with Crippen LogP contribution in [0.5, 0.6) is 0 Å². The van der Waals surface area contributed by atoms with Crippen molar-refractivity contribution in [2.45, 2.75) is 100 Å². The molecule has 2 aliphatic rings. The molecule has 0 spiro atoms. The zero-order valence-corrected chi connectivity index (χ0v) is 37.2. The van der Waals surface area contributed by atoms with Crippen molar-refractivity contribution in [3.63, 3.8) is 0 Å². The molecule has 0 aliphatic carbocycles. The van der Waals surface area contributed by atoms with Gasteiger partial charge < -0.3 is 20.1 Å². The zero-order valence-electron chi connectivity index (χ0n) is 35.6. The molecule has 4 aromatic rings. The van der Waals surface area contributed by atoms with Crippen LogP contribution in [0.4, 0.5) is 21.0 Å². The SMILES string of the molecule is CC(C)(C)OC(=O)N1CCCC1C(=O)Nc1ccc(-c2ccccc2S(C)(=O)=O)cc1.CSc1ccccc1-c1ccc(NC(=O)C2CCCN2C(=O)OC(C)(C)C)cc1. The summed E-state index contributed by atoms with van der Waals surface area (Å²) in [5, 5.41) is 5.79. The molecule has 0 saturated carbocycles. The van der Waals surface area contributed by atoms with Gasteiger partial charge in [0, 0.05) is 41.2 Å². The molecule has 2 unspecified atom stereocenters. The molecular weight excluding hydrogens is 801 g/mol. The topological polar surface area (TPSA) is 151 Å². The van der Waals surface area contributed by atoms with Gasteiger partial charge in [0.25, 0.3) is 0 Å². The maximum Gasteiger partial charge on any atom is 0.410 e. The molecule has 2 aliphatic heterocycles. The van der Waals surface area contributed by atoms with Crippen molar-refractivity contribution >= 4 is 57.0 Å². The van der Waals surface area contributed by atoms with Gasteiger partial charge in [-0.1, -0.05) is 60.7 Å². The summed E-state index contributed by atoms with van der Waals surface area (Å²) >= 11 is 1.71. The Balaban J connectivity index is 0.000000228. The van der Waals surface area contributed by atoms with Crippen molar-refractivity contribution in [2.75, 3.05) is 36.2 Å². The smallest absolute Gasteiger partial charge is 0.410 e. The fraction of sp³-hybridized carbons (Fsp3) is 0.391. The molecule has 2 atom stereocenters. The summed E-state index contributed by atoms with van der Waals surface area (Å²) in [6.45, 7) is 11.9. The van der Waals surface area contributed by atoms with E-state index in [-0.39, 0.29) is 16.7 Å². The van der Waals surface area contributed by atoms with Crippen molar-refractivity contribution in [3.8, 4) is 22.3 Å². The Morgan fingerprint density at radius 2 is 1.02 bits per heavy atom. The van der Waals surface area contributed by atoms with Gasteiger partial charge in [0.05, 0.1) is 4.90 Å². The van der Waals surface area contributed by atoms with Gasteiger partial charge in [0.15, 0.2) is 9.84 Å². The van der Waals surface area contributed by atoms with Crippen molar-refractivity contribution in [3.05, 3.63) is 97.1 Å². The van der Waals surface area contributed by atoms with E-state index in [0.717, 1.165) is 29.7 Å². The molecule has 4 amide bonds. The fourth-order valence-electron chi connectivity index (χ4n) is 6.99. The van der Waals surface area contributed by atoms with E-state index in [1.54, 1.807) is 81.1 Å². The summed E-state index contributed by atoms with van der Waals surface area (Å²) in [7, 11) is -3.37. The monoisotopic (exact) mass is 856 g/mol. The number of carbonyl (C=O) groups is 4. The Hall–Kier alpha value is -5.34. The third-order valence-corrected chi connectivity index (χ3v) is 11.6. The second kappa shape index (κ2) is 19.4. The number of likely N-dealkylation sites (tertiary alicyclic amines) is 2. The summed E-state index contributed by atoms with van der Waals surface area (Å²) in [6, 6.07) is 28.7. The predicted octanol–water partition coefficient (Wildman–Crippen LogP) is 9.51. The number of sulfone groups is 1. The first-order valence-electron chi connectivity index (χ1n) is 20.0. The highest BCUT2D eigenvalue weighted by Crippen LogP contribution is 2.32. The van der Waals surface area contributed by atoms with E-state index in [1.165, 1.54) is 26.5 Å². The van der Waals surface area contributed by atoms with Crippen LogP contribution in [-0.2, 0) is 28.9 Å². The minimum absolute atomic E-state index is 0.175. The molecule has 0 radical (unpaired) electrons. The van der Waals surface area contributed by atoms with Gasteiger partial charge in [-0.25, -0.2) is 18.0 Å². The molecular formula is C46H56N4O8S2. The van der Waals surface area contributed by atoms with Gasteiger partial charge >= 0.3 is 12.2 Å². The largest absolute Gasteiger partial charge is 0.444 e. The van der Waals surface area contributed by atoms with Crippen molar-refractivity contribution < 1.29 is 37.1 Å². The molecule has 0 aromatic heterocycles. The highest BCUT2D eigenvalue weighted by Gasteiger charge is 2.38. The maximum absolute atomic E-state index is 12.8. The minimum Gasteiger partial charge on any atom is -0.444 e. The van der Waals surface area contributed by atoms with Crippen LogP contribution >= 0.6 is 11.8 Å². The number of ether oxygens (including phenoxy) is 2. The van der Waals surface area contributed by atoms with E-state index in [0.29, 0.717) is 37.2 Å². The Morgan fingerprint density at radius 3 is 1.43 bits per heavy atom. The molecule has 2 heterocycles. The summed E-state index contributed by atoms with van der Waals surface area (Å²) in [5.74, 6) is -0.446. The quantitative estimate of drug-likeness (QED) is 0.165. The molecule has 2 N–H and O–H groups in total. The van der Waals surface area contributed by atoms with Crippen molar-refractivity contribution in [1.29, 1.82) is 0 Å². The zero-order chi connectivity index (χ0) is 43.8. The average Bonchev–Trinajstić information content (AvgIpc) is 3.89. The number of thioether (sulfide) groups is 1. The number of amides is 4. The number of anilines is 2. The van der Waals surface area contributed by atoms with Crippen LogP contribution < -0.4 is 10.6 Å². The standard InChI is InChI=1S/C23H28N2O5S.C23H28N2O3S/c1-23(2,3)30-22(27)25-15-7-9-19(25)21(26)24-17-13-11-16(12-14-17)18-8-5-6-10-20(18)31(4,28)29;1-23(2,3)28-22(27)25-15-7-9-19(25)21(26)24-17-13-11-16(12-14-17)18-8-5-6-10-20(18)29-4/h5-6,8,10-14,19H,7,9,15H2,1-4H3,(H,24,26);5-6,8,10-14,19H,7,9,15H2,1-4H3,(H,24,26). The van der Waals surface area contributed by atoms with Gasteiger partial charge in [-0.15, -0.1) is 11.8 Å². The molecule has 14 heteroatoms. The highest BCUT2D eigenvalue weighted by molar-refractivity contribution is 7.98. The number of carbonyl (C=O) groups excluding carboxylic acids is 4. The number of hydrogen-bond acceptors (Lipinski definition) is 9. The lowest BCUT2D eigenvalue weighted by Crippen LogP contribution is -2.45. The third kappa shape index (κ3) is 12.4. The summed E-state index contributed by atoms with van der Waals surface area (Å²) < 4.78 is 35.0. The van der Waals surface area contributed by atoms with Crippen LogP contribution in [0.15, 0.2) is 107 Å². The predicted molar refractivity (Wildman–Crippen MR) is 238 cm³/mol. The first-order valence-corrected chi connectivity index (χ1v) is 23.1. The van der Waals surface area contributed by atoms with Crippen molar-refractivity contribution in [2.24, 2.45) is 0 Å². The van der Waals surface area contributed by atoms with Crippen LogP contribution in [0.3, 0.4) is 0 Å². The van der Waals surface area contributed by atoms with Crippen LogP contribution in [-0.4, -0.2) is 91.1 Å². The molecule has 320 valence electrons. The number of nitrogens with zero attached hydrogens (tertiary/aromatic N) is 2. The van der Waals surface area contributed by atoms with E-state index in [9.17, 15) is 27.6 Å². The van der Waals surface area contributed by atoms with Crippen LogP contribution in [0.2, 0.25) is 0 Å². The molecule has 0 bridgehead atoms. The van der Waals surface area contributed by atoms with E-state index >= 15 is 0 Å². The Morgan fingerprint density at radius 1 is 0.617 bits per heavy atom. The second-order valence-corrected chi connectivity index (χ2v) is 19.6. The van der Waals surface area contributed by atoms with Crippen LogP contribution in [0, 0.1) is 0 Å². The number of hydrogen-bond donors (Lipinski definition) is 2. The molecule has 6 rings (SSSR count). The van der Waals surface area contributed by atoms with E-state index in [2.05, 4.69) is 29.0 Å². The number of rotatable bonds is 8. The number of benzene rings is 4. The van der Waals surface area contributed by atoms with Crippen LogP contribution in [0.25, 0.3) is 22.3 Å².